The largest absolute Gasteiger partial charge is 0.481 e. The van der Waals surface area contributed by atoms with E-state index in [4.69, 9.17) is 37.9 Å². The van der Waals surface area contributed by atoms with Crippen LogP contribution in [-0.2, 0) is 83.2 Å². The van der Waals surface area contributed by atoms with Crippen molar-refractivity contribution >= 4 is 169 Å². The maximum Gasteiger partial charge on any atom is 0.324 e. The number of amides is 13. The number of para-hydroxylation sites is 2. The van der Waals surface area contributed by atoms with Gasteiger partial charge in [-0.15, -0.1) is 9.68 Å². The number of nitrogens with two attached hydrogens (primary N) is 4. The third-order valence-electron chi connectivity index (χ3n) is 27.4. The minimum Gasteiger partial charge on any atom is -0.481 e. The van der Waals surface area contributed by atoms with Gasteiger partial charge < -0.3 is 121 Å². The number of ketones is 1. The number of anilines is 2. The molecule has 2 fully saturated rings. The molecule has 3 aliphatic heterocycles. The first kappa shape index (κ1) is 112. The molecule has 44 heteroatoms. The molecule has 13 amide bonds. The predicted molar refractivity (Wildman–Crippen MR) is 553 cm³/mol. The van der Waals surface area contributed by atoms with Crippen molar-refractivity contribution in [2.45, 2.75) is 225 Å². The molecule has 7 heterocycles. The molecule has 2 saturated heterocycles. The van der Waals surface area contributed by atoms with Crippen LogP contribution >= 0.6 is 0 Å². The second-order valence-corrected chi connectivity index (χ2v) is 37.6. The summed E-state index contributed by atoms with van der Waals surface area (Å²) in [6, 6.07) is 15.9. The van der Waals surface area contributed by atoms with Crippen molar-refractivity contribution in [2.24, 2.45) is 45.0 Å². The van der Waals surface area contributed by atoms with Gasteiger partial charge in [0.2, 0.25) is 88.0 Å². The molecule has 24 N–H and O–H groups in total. The summed E-state index contributed by atoms with van der Waals surface area (Å²) in [7, 11) is 1.88. The molecule has 792 valence electrons. The smallest absolute Gasteiger partial charge is 0.324 e. The molecule has 149 heavy (non-hydrogen) atoms. The molecule has 11 atom stereocenters. The van der Waals surface area contributed by atoms with Gasteiger partial charge in [-0.25, -0.2) is 4.98 Å². The van der Waals surface area contributed by atoms with E-state index in [2.05, 4.69) is 135 Å². The lowest BCUT2D eigenvalue weighted by Crippen LogP contribution is -2.60. The van der Waals surface area contributed by atoms with Gasteiger partial charge in [0.1, 0.15) is 59.4 Å². The van der Waals surface area contributed by atoms with E-state index in [0.717, 1.165) is 136 Å². The van der Waals surface area contributed by atoms with Crippen molar-refractivity contribution < 1.29 is 101 Å². The number of azo groups is 1. The van der Waals surface area contributed by atoms with Crippen LogP contribution in [0.25, 0.3) is 57.6 Å². The number of Topliss-reactive ketones (excluding diaryl/α,β-unsaturated/α-hetero) is 1. The Balaban J connectivity index is 0.600. The van der Waals surface area contributed by atoms with E-state index in [-0.39, 0.29) is 82.6 Å². The number of primary amides is 4. The number of aromatic nitrogens is 5. The maximum absolute atomic E-state index is 14.4. The summed E-state index contributed by atoms with van der Waals surface area (Å²) >= 11 is 0. The molecule has 0 unspecified atom stereocenters. The lowest BCUT2D eigenvalue weighted by atomic mass is 9.86. The molecule has 8 bridgehead atoms. The topological polar surface area (TPSA) is 666 Å². The molecule has 4 aromatic carbocycles. The molecule has 0 saturated carbocycles. The fourth-order valence-electron chi connectivity index (χ4n) is 19.2. The second kappa shape index (κ2) is 51.3. The molecule has 0 radical (unpaired) electrons. The number of aromatic amines is 3. The SMILES string of the molecule is C=Cc1c2[nH]c(c1C)C=C1NC(=C3CC(=O)c4c3[nH]c(c4C)C=c3[nH]c(c(C)c3CC)=C2)[C@@H](CCC(=O)N[C@H](C(=O)N[C@@H](CO)C(=O)NCC(=O)N2CCC[C@H]2C(=O)N[C@@H](CC(N)=O)C(=O)N[C@@H](CCC(N)=O)C(=O)N[C@@H](CCC(=O)O)C(=O)N[C@@H](CCC(N)=O)C(=O)N[C@@H](CCCCNOC(=O)CCCN(C)c2ccc(N=Nc3cccc4nc5ccc(N(CC)CC)cc5[n+](-c5ccccc5)c34)cc2)C(N)=O)[C@@H](C)O)[C@@H]1C. The third-order valence-corrected chi connectivity index (χ3v) is 27.4. The van der Waals surface area contributed by atoms with Gasteiger partial charge in [-0.3, -0.25) is 76.7 Å². The highest BCUT2D eigenvalue weighted by molar-refractivity contribution is 6.13. The number of carboxylic acid groups (broad SMARTS) is 1. The van der Waals surface area contributed by atoms with Gasteiger partial charge >= 0.3 is 11.9 Å². The predicted octanol–water partition coefficient (Wildman–Crippen LogP) is 2.75. The fourth-order valence-corrected chi connectivity index (χ4v) is 19.2. The number of hydroxylamine groups is 1. The minimum atomic E-state index is -1.94. The number of likely N-dealkylation sites (tertiary alicyclic amines) is 1. The van der Waals surface area contributed by atoms with Gasteiger partial charge in [0, 0.05) is 176 Å². The van der Waals surface area contributed by atoms with Crippen LogP contribution in [0, 0.1) is 32.6 Å². The van der Waals surface area contributed by atoms with Crippen LogP contribution in [0.3, 0.4) is 0 Å². The van der Waals surface area contributed by atoms with Crippen LogP contribution in [0.5, 0.6) is 0 Å². The van der Waals surface area contributed by atoms with Crippen molar-refractivity contribution in [2.75, 3.05) is 62.7 Å². The number of aliphatic hydroxyl groups is 2. The van der Waals surface area contributed by atoms with Crippen molar-refractivity contribution in [3.63, 3.8) is 0 Å². The number of rotatable bonds is 52. The third kappa shape index (κ3) is 28.0. The van der Waals surface area contributed by atoms with E-state index in [1.54, 1.807) is 6.08 Å². The molecule has 0 spiro atoms. The minimum absolute atomic E-state index is 0.0447. The zero-order valence-electron chi connectivity index (χ0n) is 84.9. The Hall–Kier alpha value is -16.1. The number of aliphatic hydroxyl groups excluding tert-OH is 2. The number of hydrogen-bond donors (Lipinski definition) is 20. The highest BCUT2D eigenvalue weighted by atomic mass is 16.7. The number of allylic oxidation sites excluding steroid dienone is 3. The molecular weight excluding hydrogens is 1920 g/mol. The Bertz CT molecular complexity index is 6680. The maximum atomic E-state index is 14.4. The van der Waals surface area contributed by atoms with E-state index in [0.29, 0.717) is 35.6 Å². The molecular formula is C105H133N24O20+. The Kier molecular flexibility index (Phi) is 38.4. The Morgan fingerprint density at radius 2 is 1.29 bits per heavy atom. The standard InChI is InChI=1S/C105H132N24O20/c1-11-64-55(5)75-49-77-57(7)66(95(115-77)67-48-85(132)93-58(8)78(116-96(67)93)51-80-65(12-2)56(6)76(114-80)50-79(64)113-75)35-42-89(136)123-94(59(9)131)105(148)122-82(54-130)99(142)110-53-90(137)128-46-21-28-83(128)104(147)121-81(52-88(108)135)103(146)120-73(38-41-87(107)134)101(144)119-74(39-43-91(138)139)102(145)118-72(37-40-86(106)133)100(143)117-71(98(109)141)25-18-19-44-111-149-92(140)29-22-45-126(10)61-32-30-60(31-33-61)124-125-70-27-20-26-69-97(70)129(62-23-16-15-17-24-62)84-47-63(127(13-3)14-4)34-36-68(84)112-69/h11,15-17,20,23-24,26-27,30-34,36,47,49-51,57,59,66,71-74,81-83,94,111-112,130-131H,1,12-14,18-19,21-22,25,28-29,35,37-46,48,52-54H2,2-10H3,(H19,106,107,108,109,110,113,114,115,116,117,118,119,120,121,122,123,124,125,132,133,134,135,136,138,139,141,142,143,144,145,146,147,148)/p+1/t57-,59+,66-,71-,72-,73-,74-,81-,82-,83-,94-/m0/s1. The van der Waals surface area contributed by atoms with Gasteiger partial charge in [0.25, 0.3) is 5.52 Å². The number of carbonyl (C=O) groups excluding carboxylic acids is 15. The lowest BCUT2D eigenvalue weighted by molar-refractivity contribution is -0.537. The number of nitrogens with zero attached hydrogens (tertiary/aromatic N) is 7. The summed E-state index contributed by atoms with van der Waals surface area (Å²) in [5.74, 6) is -16.6. The van der Waals surface area contributed by atoms with Crippen LogP contribution in [-0.4, -0.2) is 242 Å². The lowest BCUT2D eigenvalue weighted by Gasteiger charge is -2.28. The first-order chi connectivity index (χ1) is 71.2. The van der Waals surface area contributed by atoms with E-state index in [9.17, 15) is 92.0 Å². The highest BCUT2D eigenvalue weighted by Crippen LogP contribution is 2.46. The number of unbranched alkanes of at least 4 members (excludes halogenated alkanes) is 1. The number of carbonyl (C=O) groups is 16. The molecule has 8 aromatic rings. The summed E-state index contributed by atoms with van der Waals surface area (Å²) in [4.78, 5) is 242. The van der Waals surface area contributed by atoms with Gasteiger partial charge in [-0.1, -0.05) is 50.8 Å². The summed E-state index contributed by atoms with van der Waals surface area (Å²) in [5.41, 5.74) is 42.9. The summed E-state index contributed by atoms with van der Waals surface area (Å²) in [6.45, 7) is 19.9. The average molecular weight is 2050 g/mol. The van der Waals surface area contributed by atoms with Crippen molar-refractivity contribution in [1.82, 2.24) is 78.2 Å². The molecule has 12 rings (SSSR count). The van der Waals surface area contributed by atoms with Crippen molar-refractivity contribution in [1.29, 1.82) is 0 Å². The molecule has 4 aromatic heterocycles. The average Bonchev–Trinajstić information content (AvgIpc) is 1.65. The number of fused-ring (bicyclic) bond motifs is 9. The number of carboxylic acids is 1. The van der Waals surface area contributed by atoms with Gasteiger partial charge in [0.05, 0.1) is 37.1 Å². The van der Waals surface area contributed by atoms with Crippen molar-refractivity contribution in [3.8, 4) is 5.69 Å². The van der Waals surface area contributed by atoms with E-state index in [1.165, 1.54) is 6.92 Å². The first-order valence-electron chi connectivity index (χ1n) is 50.0. The van der Waals surface area contributed by atoms with Crippen LogP contribution in [0.4, 0.5) is 22.7 Å². The van der Waals surface area contributed by atoms with Crippen LogP contribution in [0.2, 0.25) is 0 Å². The number of H-pyrrole nitrogens is 3. The number of benzene rings is 4. The monoisotopic (exact) mass is 2050 g/mol. The Morgan fingerprint density at radius 3 is 1.91 bits per heavy atom. The van der Waals surface area contributed by atoms with E-state index in [1.807, 2.05) is 124 Å². The zero-order valence-corrected chi connectivity index (χ0v) is 84.9. The van der Waals surface area contributed by atoms with Gasteiger partial charge in [0.15, 0.2) is 11.5 Å². The van der Waals surface area contributed by atoms with Gasteiger partial charge in [-0.2, -0.15) is 10.6 Å². The number of hydrogen-bond acceptors (Lipinski definition) is 26. The summed E-state index contributed by atoms with van der Waals surface area (Å²) < 4.78 is 2.17. The van der Waals surface area contributed by atoms with Gasteiger partial charge in [-0.05, 0) is 201 Å². The normalized spacial score (nSPS) is 16.1. The van der Waals surface area contributed by atoms with Crippen LogP contribution in [0.15, 0.2) is 119 Å². The first-order valence-corrected chi connectivity index (χ1v) is 50.0. The van der Waals surface area contributed by atoms with E-state index >= 15 is 0 Å². The van der Waals surface area contributed by atoms with Crippen LogP contribution in [0.1, 0.15) is 205 Å². The number of nitrogens with one attached hydrogen (secondary N) is 13. The molecule has 1 aliphatic carbocycles. The Labute approximate surface area is 859 Å². The highest BCUT2D eigenvalue weighted by Gasteiger charge is 2.43. The molecule has 44 nitrogen and oxygen atoms in total. The fraction of sp³-hybridized carbons (Fsp3) is 0.429. The van der Waals surface area contributed by atoms with Crippen molar-refractivity contribution in [3.05, 3.63) is 176 Å². The summed E-state index contributed by atoms with van der Waals surface area (Å²) in [5, 5.41) is 65.0. The zero-order chi connectivity index (χ0) is 108. The van der Waals surface area contributed by atoms with Crippen LogP contribution < -0.4 is 101 Å². The second-order valence-electron chi connectivity index (χ2n) is 37.6. The quantitative estimate of drug-likeness (QED) is 0.00856. The molecule has 4 aliphatic rings. The summed E-state index contributed by atoms with van der Waals surface area (Å²) in [6.07, 6.45) is 3.27. The van der Waals surface area contributed by atoms with E-state index < -0.39 is 207 Å². The number of aliphatic carboxylic acids is 1. The Morgan fingerprint density at radius 1 is 0.651 bits per heavy atom.